The molecule has 9 nitrogen and oxygen atoms in total. The highest BCUT2D eigenvalue weighted by Gasteiger charge is 2.52. The summed E-state index contributed by atoms with van der Waals surface area (Å²) >= 11 is 5.77. The monoisotopic (exact) mass is 380 g/mol. The average Bonchev–Trinajstić information content (AvgIpc) is 2.85. The smallest absolute Gasteiger partial charge is 0.344 e. The minimum atomic E-state index is -0.942. The average molecular weight is 381 g/mol. The van der Waals surface area contributed by atoms with Gasteiger partial charge in [-0.05, 0) is 25.0 Å². The molecule has 1 aromatic heterocycles. The highest BCUT2D eigenvalue weighted by Crippen LogP contribution is 2.32. The first kappa shape index (κ1) is 18.1. The molecule has 26 heavy (non-hydrogen) atoms. The van der Waals surface area contributed by atoms with Gasteiger partial charge in [0.2, 0.25) is 0 Å². The summed E-state index contributed by atoms with van der Waals surface area (Å²) in [6.45, 7) is -0.673. The van der Waals surface area contributed by atoms with Crippen molar-refractivity contribution in [3.63, 3.8) is 0 Å². The van der Waals surface area contributed by atoms with Gasteiger partial charge in [0.25, 0.3) is 11.8 Å². The first-order chi connectivity index (χ1) is 12.4. The molecule has 3 rings (SSSR count). The Labute approximate surface area is 154 Å². The van der Waals surface area contributed by atoms with Crippen LogP contribution in [0.4, 0.5) is 4.79 Å². The summed E-state index contributed by atoms with van der Waals surface area (Å²) in [6, 6.07) is 2.21. The van der Waals surface area contributed by atoms with Gasteiger partial charge in [-0.25, -0.2) is 14.6 Å². The molecule has 1 spiro atoms. The number of hydrazine groups is 1. The normalized spacial score (nSPS) is 18.6. The summed E-state index contributed by atoms with van der Waals surface area (Å²) < 4.78 is 4.84. The molecule has 2 heterocycles. The fourth-order valence-corrected chi connectivity index (χ4v) is 3.32. The number of ether oxygens (including phenoxy) is 1. The lowest BCUT2D eigenvalue weighted by molar-refractivity contribution is -0.140. The maximum absolute atomic E-state index is 12.5. The summed E-state index contributed by atoms with van der Waals surface area (Å²) in [6.07, 6.45) is 5.15. The molecule has 0 aromatic carbocycles. The predicted molar refractivity (Wildman–Crippen MR) is 88.9 cm³/mol. The molecule has 2 aliphatic rings. The number of hydrogen-bond acceptors (Lipinski definition) is 6. The van der Waals surface area contributed by atoms with Gasteiger partial charge in [-0.3, -0.25) is 15.0 Å². The Bertz CT molecular complexity index is 763. The van der Waals surface area contributed by atoms with Crippen LogP contribution in [-0.2, 0) is 14.3 Å². The quantitative estimate of drug-likeness (QED) is 0.460. The second-order valence-electron chi connectivity index (χ2n) is 6.17. The third kappa shape index (κ3) is 3.48. The lowest BCUT2D eigenvalue weighted by Gasteiger charge is -2.30. The second kappa shape index (κ2) is 7.28. The first-order valence-electron chi connectivity index (χ1n) is 8.17. The molecule has 2 fully saturated rings. The molecular formula is C16H17ClN4O5. The van der Waals surface area contributed by atoms with Crippen LogP contribution in [0.25, 0.3) is 0 Å². The number of nitrogens with zero attached hydrogens (tertiary/aromatic N) is 2. The molecule has 1 saturated carbocycles. The molecule has 1 aromatic rings. The number of imide groups is 1. The van der Waals surface area contributed by atoms with Gasteiger partial charge in [0, 0.05) is 6.20 Å². The van der Waals surface area contributed by atoms with E-state index in [4.69, 9.17) is 16.3 Å². The molecule has 1 saturated heterocycles. The zero-order valence-electron chi connectivity index (χ0n) is 13.8. The zero-order valence-corrected chi connectivity index (χ0v) is 14.5. The van der Waals surface area contributed by atoms with Crippen molar-refractivity contribution in [2.24, 2.45) is 0 Å². The maximum atomic E-state index is 12.5. The number of halogens is 1. The van der Waals surface area contributed by atoms with Crippen LogP contribution in [-0.4, -0.2) is 46.0 Å². The molecule has 4 amide bonds. The lowest BCUT2D eigenvalue weighted by atomic mass is 9.82. The van der Waals surface area contributed by atoms with Crippen molar-refractivity contribution >= 4 is 35.4 Å². The third-order valence-corrected chi connectivity index (χ3v) is 4.72. The number of urea groups is 1. The molecule has 1 aliphatic heterocycles. The van der Waals surface area contributed by atoms with Crippen molar-refractivity contribution in [2.75, 3.05) is 6.61 Å². The number of carbonyl (C=O) groups excluding carboxylic acids is 4. The van der Waals surface area contributed by atoms with Gasteiger partial charge in [0.1, 0.15) is 10.7 Å². The SMILES string of the molecule is O=C(COC(=O)c1cccnc1Cl)NN1C(=O)NC2(CCCCC2)C1=O. The Morgan fingerprint density at radius 1 is 1.31 bits per heavy atom. The summed E-state index contributed by atoms with van der Waals surface area (Å²) in [5, 5.41) is 3.26. The van der Waals surface area contributed by atoms with Gasteiger partial charge >= 0.3 is 12.0 Å². The molecule has 2 N–H and O–H groups in total. The van der Waals surface area contributed by atoms with Gasteiger partial charge in [0.15, 0.2) is 6.61 Å². The maximum Gasteiger partial charge on any atom is 0.344 e. The molecule has 1 aliphatic carbocycles. The van der Waals surface area contributed by atoms with Crippen molar-refractivity contribution in [1.29, 1.82) is 0 Å². The second-order valence-corrected chi connectivity index (χ2v) is 6.52. The van der Waals surface area contributed by atoms with Crippen LogP contribution in [0.2, 0.25) is 5.15 Å². The van der Waals surface area contributed by atoms with E-state index in [0.29, 0.717) is 17.9 Å². The van der Waals surface area contributed by atoms with Crippen molar-refractivity contribution in [1.82, 2.24) is 20.7 Å². The minimum absolute atomic E-state index is 0.0121. The molecular weight excluding hydrogens is 364 g/mol. The van der Waals surface area contributed by atoms with E-state index in [1.54, 1.807) is 0 Å². The predicted octanol–water partition coefficient (Wildman–Crippen LogP) is 1.18. The Balaban J connectivity index is 1.56. The number of esters is 1. The number of pyridine rings is 1. The van der Waals surface area contributed by atoms with E-state index in [1.165, 1.54) is 18.3 Å². The highest BCUT2D eigenvalue weighted by atomic mass is 35.5. The Morgan fingerprint density at radius 2 is 2.04 bits per heavy atom. The fraction of sp³-hybridized carbons (Fsp3) is 0.438. The number of aromatic nitrogens is 1. The summed E-state index contributed by atoms with van der Waals surface area (Å²) in [7, 11) is 0. The van der Waals surface area contributed by atoms with Crippen LogP contribution in [0.3, 0.4) is 0 Å². The summed E-state index contributed by atoms with van der Waals surface area (Å²) in [5.41, 5.74) is 1.25. The highest BCUT2D eigenvalue weighted by molar-refractivity contribution is 6.32. The van der Waals surface area contributed by atoms with Crippen LogP contribution < -0.4 is 10.7 Å². The van der Waals surface area contributed by atoms with E-state index in [0.717, 1.165) is 19.3 Å². The zero-order chi connectivity index (χ0) is 18.7. The largest absolute Gasteiger partial charge is 0.452 e. The molecule has 0 radical (unpaired) electrons. The standard InChI is InChI=1S/C16H17ClN4O5/c17-12-10(5-4-8-18-12)13(23)26-9-11(22)20-21-14(24)16(19-15(21)25)6-2-1-3-7-16/h4-5,8H,1-3,6-7,9H2,(H,19,25)(H,20,22). The van der Waals surface area contributed by atoms with Gasteiger partial charge in [0.05, 0.1) is 5.56 Å². The number of amides is 4. The van der Waals surface area contributed by atoms with E-state index < -0.39 is 36.0 Å². The van der Waals surface area contributed by atoms with E-state index in [-0.39, 0.29) is 10.7 Å². The van der Waals surface area contributed by atoms with E-state index in [2.05, 4.69) is 15.7 Å². The van der Waals surface area contributed by atoms with Gasteiger partial charge in [-0.15, -0.1) is 0 Å². The number of carbonyl (C=O) groups is 4. The van der Waals surface area contributed by atoms with Crippen molar-refractivity contribution in [3.8, 4) is 0 Å². The fourth-order valence-electron chi connectivity index (χ4n) is 3.12. The van der Waals surface area contributed by atoms with Crippen LogP contribution in [0.5, 0.6) is 0 Å². The van der Waals surface area contributed by atoms with Gasteiger partial charge in [-0.2, -0.15) is 5.01 Å². The first-order valence-corrected chi connectivity index (χ1v) is 8.54. The van der Waals surface area contributed by atoms with E-state index >= 15 is 0 Å². The number of nitrogens with one attached hydrogen (secondary N) is 2. The van der Waals surface area contributed by atoms with Crippen LogP contribution in [0.1, 0.15) is 42.5 Å². The van der Waals surface area contributed by atoms with Crippen molar-refractivity contribution in [3.05, 3.63) is 29.0 Å². The van der Waals surface area contributed by atoms with Crippen molar-refractivity contribution < 1.29 is 23.9 Å². The topological polar surface area (TPSA) is 118 Å². The Morgan fingerprint density at radius 3 is 2.73 bits per heavy atom. The van der Waals surface area contributed by atoms with Crippen LogP contribution >= 0.6 is 11.6 Å². The van der Waals surface area contributed by atoms with Gasteiger partial charge < -0.3 is 10.1 Å². The third-order valence-electron chi connectivity index (χ3n) is 4.42. The van der Waals surface area contributed by atoms with E-state index in [9.17, 15) is 19.2 Å². The van der Waals surface area contributed by atoms with Crippen molar-refractivity contribution in [2.45, 2.75) is 37.6 Å². The Kier molecular flexibility index (Phi) is 5.08. The minimum Gasteiger partial charge on any atom is -0.452 e. The molecule has 0 unspecified atom stereocenters. The Hall–Kier alpha value is -2.68. The number of rotatable bonds is 4. The van der Waals surface area contributed by atoms with Gasteiger partial charge in [-0.1, -0.05) is 30.9 Å². The molecule has 10 heteroatoms. The molecule has 138 valence electrons. The number of hydrogen-bond donors (Lipinski definition) is 2. The van der Waals surface area contributed by atoms with Crippen LogP contribution in [0.15, 0.2) is 18.3 Å². The molecule has 0 bridgehead atoms. The molecule has 0 atom stereocenters. The summed E-state index contributed by atoms with van der Waals surface area (Å²) in [5.74, 6) is -2.13. The van der Waals surface area contributed by atoms with E-state index in [1.807, 2.05) is 0 Å². The summed E-state index contributed by atoms with van der Waals surface area (Å²) in [4.78, 5) is 52.2. The lowest BCUT2D eigenvalue weighted by Crippen LogP contribution is -2.51. The van der Waals surface area contributed by atoms with Crippen LogP contribution in [0, 0.1) is 0 Å².